The molecule has 0 saturated heterocycles. The number of aryl methyl sites for hydroxylation is 1. The van der Waals surface area contributed by atoms with Crippen LogP contribution in [0.1, 0.15) is 21.1 Å². The molecule has 3 rings (SSSR count). The minimum Gasteiger partial charge on any atom is -0.478 e. The molecule has 0 aliphatic heterocycles. The second-order valence-electron chi connectivity index (χ2n) is 4.24. The lowest BCUT2D eigenvalue weighted by molar-refractivity contribution is 0.0697. The van der Waals surface area contributed by atoms with Crippen molar-refractivity contribution in [2.75, 3.05) is 0 Å². The molecule has 5 nitrogen and oxygen atoms in total. The van der Waals surface area contributed by atoms with Gasteiger partial charge in [-0.1, -0.05) is 0 Å². The van der Waals surface area contributed by atoms with Gasteiger partial charge in [-0.05, 0) is 25.1 Å². The molecule has 1 aromatic carbocycles. The molecular formula is C13H11N3O2S. The summed E-state index contributed by atoms with van der Waals surface area (Å²) < 4.78 is 1.91. The molecule has 0 amide bonds. The SMILES string of the molecule is Cc1nc(Cn2cnc3ccc(C(=O)O)cc32)cs1. The molecule has 0 unspecified atom stereocenters. The Hall–Kier alpha value is -2.21. The van der Waals surface area contributed by atoms with E-state index in [1.54, 1.807) is 35.9 Å². The molecule has 6 heteroatoms. The number of fused-ring (bicyclic) bond motifs is 1. The van der Waals surface area contributed by atoms with Crippen LogP contribution >= 0.6 is 11.3 Å². The standard InChI is InChI=1S/C13H11N3O2S/c1-8-15-10(6-19-8)5-16-7-14-11-3-2-9(13(17)18)4-12(11)16/h2-4,6-7H,5H2,1H3,(H,17,18). The van der Waals surface area contributed by atoms with Gasteiger partial charge < -0.3 is 9.67 Å². The van der Waals surface area contributed by atoms with Crippen LogP contribution in [-0.4, -0.2) is 25.6 Å². The van der Waals surface area contributed by atoms with Gasteiger partial charge in [0.2, 0.25) is 0 Å². The molecule has 0 spiro atoms. The molecule has 96 valence electrons. The van der Waals surface area contributed by atoms with Crippen molar-refractivity contribution in [1.29, 1.82) is 0 Å². The highest BCUT2D eigenvalue weighted by Crippen LogP contribution is 2.17. The van der Waals surface area contributed by atoms with Gasteiger partial charge in [0.05, 0.1) is 40.2 Å². The summed E-state index contributed by atoms with van der Waals surface area (Å²) in [6.45, 7) is 2.56. The van der Waals surface area contributed by atoms with Crippen molar-refractivity contribution in [2.24, 2.45) is 0 Å². The molecule has 0 saturated carbocycles. The summed E-state index contributed by atoms with van der Waals surface area (Å²) in [7, 11) is 0. The van der Waals surface area contributed by atoms with Crippen LogP contribution < -0.4 is 0 Å². The second kappa shape index (κ2) is 4.47. The maximum absolute atomic E-state index is 11.0. The largest absolute Gasteiger partial charge is 0.478 e. The average molecular weight is 273 g/mol. The van der Waals surface area contributed by atoms with Crippen LogP contribution in [0.4, 0.5) is 0 Å². The number of aromatic carboxylic acids is 1. The molecule has 19 heavy (non-hydrogen) atoms. The number of carboxylic acids is 1. The van der Waals surface area contributed by atoms with E-state index in [1.165, 1.54) is 0 Å². The first-order valence-electron chi connectivity index (χ1n) is 5.72. The molecule has 3 aromatic rings. The monoisotopic (exact) mass is 273 g/mol. The highest BCUT2D eigenvalue weighted by molar-refractivity contribution is 7.09. The third kappa shape index (κ3) is 2.22. The zero-order chi connectivity index (χ0) is 13.4. The van der Waals surface area contributed by atoms with Crippen LogP contribution in [0.15, 0.2) is 29.9 Å². The smallest absolute Gasteiger partial charge is 0.335 e. The van der Waals surface area contributed by atoms with E-state index in [0.717, 1.165) is 21.7 Å². The number of carbonyl (C=O) groups is 1. The number of nitrogens with zero attached hydrogens (tertiary/aromatic N) is 3. The van der Waals surface area contributed by atoms with Gasteiger partial charge in [-0.3, -0.25) is 0 Å². The Balaban J connectivity index is 2.03. The zero-order valence-electron chi connectivity index (χ0n) is 10.2. The third-order valence-corrected chi connectivity index (χ3v) is 3.69. The van der Waals surface area contributed by atoms with Gasteiger partial charge >= 0.3 is 5.97 Å². The van der Waals surface area contributed by atoms with Crippen molar-refractivity contribution >= 4 is 28.3 Å². The highest BCUT2D eigenvalue weighted by atomic mass is 32.1. The number of rotatable bonds is 3. The van der Waals surface area contributed by atoms with Crippen LogP contribution in [-0.2, 0) is 6.54 Å². The summed E-state index contributed by atoms with van der Waals surface area (Å²) in [6, 6.07) is 4.93. The lowest BCUT2D eigenvalue weighted by Crippen LogP contribution is -2.00. The summed E-state index contributed by atoms with van der Waals surface area (Å²) in [4.78, 5) is 19.7. The van der Waals surface area contributed by atoms with Gasteiger partial charge in [-0.2, -0.15) is 0 Å². The molecule has 0 atom stereocenters. The minimum atomic E-state index is -0.931. The van der Waals surface area contributed by atoms with Gasteiger partial charge in [-0.25, -0.2) is 14.8 Å². The molecule has 2 heterocycles. The van der Waals surface area contributed by atoms with Crippen molar-refractivity contribution in [3.8, 4) is 0 Å². The summed E-state index contributed by atoms with van der Waals surface area (Å²) in [5.74, 6) is -0.931. The first kappa shape index (κ1) is 11.9. The van der Waals surface area contributed by atoms with E-state index in [4.69, 9.17) is 5.11 Å². The highest BCUT2D eigenvalue weighted by Gasteiger charge is 2.09. The Morgan fingerprint density at radius 2 is 2.32 bits per heavy atom. The number of carboxylic acid groups (broad SMARTS) is 1. The van der Waals surface area contributed by atoms with Gasteiger partial charge in [0.15, 0.2) is 0 Å². The number of benzene rings is 1. The van der Waals surface area contributed by atoms with Crippen molar-refractivity contribution in [3.63, 3.8) is 0 Å². The summed E-state index contributed by atoms with van der Waals surface area (Å²) in [5, 5.41) is 12.0. The number of hydrogen-bond acceptors (Lipinski definition) is 4. The lowest BCUT2D eigenvalue weighted by atomic mass is 10.2. The van der Waals surface area contributed by atoms with E-state index >= 15 is 0 Å². The molecule has 1 N–H and O–H groups in total. The quantitative estimate of drug-likeness (QED) is 0.796. The summed E-state index contributed by atoms with van der Waals surface area (Å²) in [6.07, 6.45) is 1.71. The van der Waals surface area contributed by atoms with Crippen LogP contribution in [0.3, 0.4) is 0 Å². The first-order chi connectivity index (χ1) is 9.13. The Morgan fingerprint density at radius 3 is 3.00 bits per heavy atom. The third-order valence-electron chi connectivity index (χ3n) is 2.87. The van der Waals surface area contributed by atoms with Crippen LogP contribution in [0.2, 0.25) is 0 Å². The summed E-state index contributed by atoms with van der Waals surface area (Å²) in [5.41, 5.74) is 2.83. The van der Waals surface area contributed by atoms with Gasteiger partial charge in [0.1, 0.15) is 0 Å². The van der Waals surface area contributed by atoms with Crippen molar-refractivity contribution in [3.05, 3.63) is 46.2 Å². The van der Waals surface area contributed by atoms with E-state index in [2.05, 4.69) is 9.97 Å². The van der Waals surface area contributed by atoms with Gasteiger partial charge in [0.25, 0.3) is 0 Å². The fourth-order valence-corrected chi connectivity index (χ4v) is 2.57. The molecule has 0 fully saturated rings. The van der Waals surface area contributed by atoms with E-state index < -0.39 is 5.97 Å². The average Bonchev–Trinajstić information content (AvgIpc) is 2.96. The number of aromatic nitrogens is 3. The maximum atomic E-state index is 11.0. The number of thiazole rings is 1. The van der Waals surface area contributed by atoms with Gasteiger partial charge in [-0.15, -0.1) is 11.3 Å². The predicted molar refractivity (Wildman–Crippen MR) is 72.6 cm³/mol. The van der Waals surface area contributed by atoms with Crippen LogP contribution in [0, 0.1) is 6.92 Å². The van der Waals surface area contributed by atoms with E-state index in [1.807, 2.05) is 16.9 Å². The topological polar surface area (TPSA) is 68.0 Å². The first-order valence-corrected chi connectivity index (χ1v) is 6.60. The lowest BCUT2D eigenvalue weighted by Gasteiger charge is -2.02. The summed E-state index contributed by atoms with van der Waals surface area (Å²) >= 11 is 1.60. The number of imidazole rings is 1. The van der Waals surface area contributed by atoms with E-state index in [-0.39, 0.29) is 5.56 Å². The maximum Gasteiger partial charge on any atom is 0.335 e. The van der Waals surface area contributed by atoms with E-state index in [0.29, 0.717) is 6.54 Å². The molecule has 0 aliphatic rings. The van der Waals surface area contributed by atoms with E-state index in [9.17, 15) is 4.79 Å². The Morgan fingerprint density at radius 1 is 1.47 bits per heavy atom. The number of hydrogen-bond donors (Lipinski definition) is 1. The molecule has 2 aromatic heterocycles. The molecular weight excluding hydrogens is 262 g/mol. The van der Waals surface area contributed by atoms with Crippen molar-refractivity contribution in [1.82, 2.24) is 14.5 Å². The normalized spacial score (nSPS) is 11.0. The molecule has 0 aliphatic carbocycles. The van der Waals surface area contributed by atoms with Crippen LogP contribution in [0.25, 0.3) is 11.0 Å². The molecule has 0 bridgehead atoms. The minimum absolute atomic E-state index is 0.267. The fourth-order valence-electron chi connectivity index (χ4n) is 1.97. The Bertz CT molecular complexity index is 760. The fraction of sp³-hybridized carbons (Fsp3) is 0.154. The Kier molecular flexibility index (Phi) is 2.79. The second-order valence-corrected chi connectivity index (χ2v) is 5.30. The van der Waals surface area contributed by atoms with Crippen molar-refractivity contribution < 1.29 is 9.90 Å². The predicted octanol–water partition coefficient (Wildman–Crippen LogP) is 2.55. The Labute approximate surface area is 113 Å². The zero-order valence-corrected chi connectivity index (χ0v) is 11.0. The van der Waals surface area contributed by atoms with Crippen LogP contribution in [0.5, 0.6) is 0 Å². The van der Waals surface area contributed by atoms with Crippen molar-refractivity contribution in [2.45, 2.75) is 13.5 Å². The molecule has 0 radical (unpaired) electrons. The van der Waals surface area contributed by atoms with Gasteiger partial charge in [0, 0.05) is 5.38 Å².